The third kappa shape index (κ3) is 2.74. The maximum absolute atomic E-state index is 9.40. The summed E-state index contributed by atoms with van der Waals surface area (Å²) in [5.41, 5.74) is 2.60. The number of benzene rings is 2. The highest BCUT2D eigenvalue weighted by molar-refractivity contribution is 5.25. The predicted octanol–water partition coefficient (Wildman–Crippen LogP) is 3.43. The Morgan fingerprint density at radius 1 is 0.950 bits per heavy atom. The van der Waals surface area contributed by atoms with E-state index in [2.05, 4.69) is 59.5 Å². The molecule has 0 radical (unpaired) electrons. The minimum atomic E-state index is 0.0983. The van der Waals surface area contributed by atoms with Crippen LogP contribution in [-0.2, 0) is 6.54 Å². The van der Waals surface area contributed by atoms with Gasteiger partial charge in [-0.3, -0.25) is 4.90 Å². The fraction of sp³-hybridized carbons (Fsp3) is 0.278. The molecule has 2 atom stereocenters. The molecule has 0 aromatic heterocycles. The van der Waals surface area contributed by atoms with Crippen molar-refractivity contribution in [3.05, 3.63) is 71.8 Å². The van der Waals surface area contributed by atoms with Crippen LogP contribution in [0.15, 0.2) is 60.7 Å². The van der Waals surface area contributed by atoms with Gasteiger partial charge in [0.15, 0.2) is 0 Å². The molecule has 2 aromatic carbocycles. The van der Waals surface area contributed by atoms with Crippen LogP contribution < -0.4 is 0 Å². The van der Waals surface area contributed by atoms with Crippen molar-refractivity contribution < 1.29 is 0 Å². The standard InChI is InChI=1S/C18H18N2/c19-11-17-13-20(12-15-7-3-1-4-8-15)14-18(17)16-9-5-2-6-10-16/h1-10,17-18H,12-14H2/t17-,18-/m0/s1. The van der Waals surface area contributed by atoms with Crippen LogP contribution in [-0.4, -0.2) is 18.0 Å². The topological polar surface area (TPSA) is 27.0 Å². The first-order valence-corrected chi connectivity index (χ1v) is 7.07. The van der Waals surface area contributed by atoms with Gasteiger partial charge in [-0.25, -0.2) is 0 Å². The first kappa shape index (κ1) is 12.9. The lowest BCUT2D eigenvalue weighted by molar-refractivity contribution is 0.322. The van der Waals surface area contributed by atoms with E-state index < -0.39 is 0 Å². The second-order valence-electron chi connectivity index (χ2n) is 5.43. The summed E-state index contributed by atoms with van der Waals surface area (Å²) >= 11 is 0. The first-order chi connectivity index (χ1) is 9.86. The van der Waals surface area contributed by atoms with E-state index >= 15 is 0 Å². The van der Waals surface area contributed by atoms with Gasteiger partial charge < -0.3 is 0 Å². The molecule has 20 heavy (non-hydrogen) atoms. The summed E-state index contributed by atoms with van der Waals surface area (Å²) in [7, 11) is 0. The zero-order chi connectivity index (χ0) is 13.8. The Bertz CT molecular complexity index is 586. The van der Waals surface area contributed by atoms with Crippen molar-refractivity contribution in [1.29, 1.82) is 5.26 Å². The van der Waals surface area contributed by atoms with Crippen molar-refractivity contribution in [3.63, 3.8) is 0 Å². The molecule has 1 aliphatic heterocycles. The molecule has 0 amide bonds. The summed E-state index contributed by atoms with van der Waals surface area (Å²) in [4.78, 5) is 2.39. The van der Waals surface area contributed by atoms with Crippen LogP contribution in [0, 0.1) is 17.2 Å². The number of nitrogens with zero attached hydrogens (tertiary/aromatic N) is 2. The van der Waals surface area contributed by atoms with E-state index in [0.29, 0.717) is 5.92 Å². The van der Waals surface area contributed by atoms with Crippen molar-refractivity contribution in [2.24, 2.45) is 5.92 Å². The van der Waals surface area contributed by atoms with E-state index in [9.17, 15) is 5.26 Å². The number of nitriles is 1. The molecule has 1 saturated heterocycles. The molecule has 2 aromatic rings. The predicted molar refractivity (Wildman–Crippen MR) is 80.0 cm³/mol. The van der Waals surface area contributed by atoms with Crippen LogP contribution >= 0.6 is 0 Å². The van der Waals surface area contributed by atoms with Gasteiger partial charge in [0.25, 0.3) is 0 Å². The minimum Gasteiger partial charge on any atom is -0.297 e. The SMILES string of the molecule is N#C[C@H]1CN(Cc2ccccc2)C[C@H]1c1ccccc1. The fourth-order valence-electron chi connectivity index (χ4n) is 3.02. The smallest absolute Gasteiger partial charge is 0.0676 e. The van der Waals surface area contributed by atoms with Gasteiger partial charge in [-0.1, -0.05) is 60.7 Å². The van der Waals surface area contributed by atoms with Gasteiger partial charge in [0.2, 0.25) is 0 Å². The Kier molecular flexibility index (Phi) is 3.80. The normalized spacial score (nSPS) is 22.6. The summed E-state index contributed by atoms with van der Waals surface area (Å²) in [5, 5.41) is 9.40. The minimum absolute atomic E-state index is 0.0983. The molecule has 0 spiro atoms. The second kappa shape index (κ2) is 5.90. The van der Waals surface area contributed by atoms with Crippen LogP contribution in [0.25, 0.3) is 0 Å². The summed E-state index contributed by atoms with van der Waals surface area (Å²) in [6, 6.07) is 23.4. The molecule has 0 aliphatic carbocycles. The van der Waals surface area contributed by atoms with E-state index in [-0.39, 0.29) is 5.92 Å². The Morgan fingerprint density at radius 2 is 1.60 bits per heavy atom. The molecular formula is C18H18N2. The van der Waals surface area contributed by atoms with E-state index in [1.165, 1.54) is 11.1 Å². The van der Waals surface area contributed by atoms with Gasteiger partial charge in [-0.05, 0) is 11.1 Å². The average Bonchev–Trinajstić information content (AvgIpc) is 2.92. The van der Waals surface area contributed by atoms with Gasteiger partial charge in [0.1, 0.15) is 0 Å². The Labute approximate surface area is 120 Å². The third-order valence-corrected chi connectivity index (χ3v) is 4.04. The molecule has 1 aliphatic rings. The van der Waals surface area contributed by atoms with Crippen LogP contribution in [0.1, 0.15) is 17.0 Å². The molecule has 0 N–H and O–H groups in total. The van der Waals surface area contributed by atoms with Gasteiger partial charge in [-0.15, -0.1) is 0 Å². The van der Waals surface area contributed by atoms with Crippen molar-refractivity contribution in [3.8, 4) is 6.07 Å². The maximum atomic E-state index is 9.40. The Morgan fingerprint density at radius 3 is 2.25 bits per heavy atom. The number of rotatable bonds is 3. The molecule has 1 heterocycles. The lowest BCUT2D eigenvalue weighted by Gasteiger charge is -2.16. The first-order valence-electron chi connectivity index (χ1n) is 7.07. The summed E-state index contributed by atoms with van der Waals surface area (Å²) in [6.45, 7) is 2.77. The summed E-state index contributed by atoms with van der Waals surface area (Å²) in [6.07, 6.45) is 0. The van der Waals surface area contributed by atoms with Crippen LogP contribution in [0.2, 0.25) is 0 Å². The Hall–Kier alpha value is -2.11. The van der Waals surface area contributed by atoms with Crippen molar-refractivity contribution >= 4 is 0 Å². The van der Waals surface area contributed by atoms with E-state index in [1.54, 1.807) is 0 Å². The maximum Gasteiger partial charge on any atom is 0.0676 e. The van der Waals surface area contributed by atoms with E-state index in [0.717, 1.165) is 19.6 Å². The molecule has 0 bridgehead atoms. The third-order valence-electron chi connectivity index (χ3n) is 4.04. The molecule has 0 saturated carbocycles. The zero-order valence-corrected chi connectivity index (χ0v) is 11.4. The lowest BCUT2D eigenvalue weighted by Crippen LogP contribution is -2.20. The molecule has 2 nitrogen and oxygen atoms in total. The van der Waals surface area contributed by atoms with Gasteiger partial charge in [0, 0.05) is 25.6 Å². The second-order valence-corrected chi connectivity index (χ2v) is 5.43. The quantitative estimate of drug-likeness (QED) is 0.847. The fourth-order valence-corrected chi connectivity index (χ4v) is 3.02. The Balaban J connectivity index is 1.74. The number of hydrogen-bond acceptors (Lipinski definition) is 2. The van der Waals surface area contributed by atoms with Gasteiger partial charge in [-0.2, -0.15) is 5.26 Å². The average molecular weight is 262 g/mol. The highest BCUT2D eigenvalue weighted by atomic mass is 15.2. The molecule has 3 rings (SSSR count). The summed E-state index contributed by atoms with van der Waals surface area (Å²) < 4.78 is 0. The van der Waals surface area contributed by atoms with E-state index in [4.69, 9.17) is 0 Å². The monoisotopic (exact) mass is 262 g/mol. The molecule has 0 unspecified atom stereocenters. The largest absolute Gasteiger partial charge is 0.297 e. The number of likely N-dealkylation sites (tertiary alicyclic amines) is 1. The van der Waals surface area contributed by atoms with Crippen LogP contribution in [0.3, 0.4) is 0 Å². The lowest BCUT2D eigenvalue weighted by atomic mass is 9.90. The van der Waals surface area contributed by atoms with Crippen molar-refractivity contribution in [2.75, 3.05) is 13.1 Å². The molecule has 100 valence electrons. The highest BCUT2D eigenvalue weighted by Crippen LogP contribution is 2.32. The van der Waals surface area contributed by atoms with Crippen LogP contribution in [0.5, 0.6) is 0 Å². The van der Waals surface area contributed by atoms with Gasteiger partial charge >= 0.3 is 0 Å². The highest BCUT2D eigenvalue weighted by Gasteiger charge is 2.33. The zero-order valence-electron chi connectivity index (χ0n) is 11.4. The summed E-state index contributed by atoms with van der Waals surface area (Å²) in [5.74, 6) is 0.436. The number of hydrogen-bond donors (Lipinski definition) is 0. The molecule has 2 heteroatoms. The molecule has 1 fully saturated rings. The van der Waals surface area contributed by atoms with Crippen molar-refractivity contribution in [2.45, 2.75) is 12.5 Å². The van der Waals surface area contributed by atoms with Gasteiger partial charge in [0.05, 0.1) is 12.0 Å². The molecular weight excluding hydrogens is 244 g/mol. The van der Waals surface area contributed by atoms with Crippen LogP contribution in [0.4, 0.5) is 0 Å². The van der Waals surface area contributed by atoms with Crippen molar-refractivity contribution in [1.82, 2.24) is 4.90 Å². The van der Waals surface area contributed by atoms with E-state index in [1.807, 2.05) is 12.1 Å².